The van der Waals surface area contributed by atoms with Crippen molar-refractivity contribution in [2.24, 2.45) is 0 Å². The zero-order chi connectivity index (χ0) is 26.3. The molecule has 1 aromatic heterocycles. The van der Waals surface area contributed by atoms with Crippen molar-refractivity contribution in [3.8, 4) is 11.3 Å². The first-order valence-corrected chi connectivity index (χ1v) is 15.8. The molecule has 0 radical (unpaired) electrons. The molecule has 1 saturated carbocycles. The van der Waals surface area contributed by atoms with Crippen LogP contribution in [0.25, 0.3) is 16.8 Å². The summed E-state index contributed by atoms with van der Waals surface area (Å²) in [5, 5.41) is 12.4. The summed E-state index contributed by atoms with van der Waals surface area (Å²) in [4.78, 5) is 3.01. The van der Waals surface area contributed by atoms with Crippen LogP contribution in [-0.4, -0.2) is 53.7 Å². The number of aromatic nitrogens is 3. The molecular weight excluding hydrogens is 494 g/mol. The third-order valence-electron chi connectivity index (χ3n) is 8.52. The fraction of sp³-hybridized carbons (Fsp3) is 0.467. The Morgan fingerprint density at radius 1 is 1.00 bits per heavy atom. The number of anilines is 1. The number of benzene rings is 2. The van der Waals surface area contributed by atoms with Gasteiger partial charge in [0.15, 0.2) is 9.84 Å². The standard InChI is InChI=1S/C30H37N5O2S/c1-21-30-27-12-11-23(22-13-16-34(17-14-22)25-8-4-3-5-9-25)19-28(27)29(15-18-35(30)33-32-21)31-24-7-6-10-26(20-24)38(2,36)37/h6-7,10-13,19-20,25,29,31H,3-5,8-9,14-18H2,1-2H3. The highest BCUT2D eigenvalue weighted by atomic mass is 32.2. The van der Waals surface area contributed by atoms with Gasteiger partial charge in [-0.05, 0) is 73.6 Å². The summed E-state index contributed by atoms with van der Waals surface area (Å²) in [5.74, 6) is 0. The van der Waals surface area contributed by atoms with Crippen LogP contribution >= 0.6 is 0 Å². The van der Waals surface area contributed by atoms with Gasteiger partial charge < -0.3 is 5.32 Å². The minimum Gasteiger partial charge on any atom is -0.378 e. The monoisotopic (exact) mass is 531 g/mol. The van der Waals surface area contributed by atoms with Crippen LogP contribution in [-0.2, 0) is 16.4 Å². The molecule has 8 heteroatoms. The minimum atomic E-state index is -3.28. The van der Waals surface area contributed by atoms with E-state index in [-0.39, 0.29) is 6.04 Å². The molecular formula is C30H37N5O2S. The largest absolute Gasteiger partial charge is 0.378 e. The summed E-state index contributed by atoms with van der Waals surface area (Å²) in [6.45, 7) is 4.92. The molecule has 3 aliphatic rings. The lowest BCUT2D eigenvalue weighted by atomic mass is 9.89. The van der Waals surface area contributed by atoms with Gasteiger partial charge in [0.2, 0.25) is 0 Å². The highest BCUT2D eigenvalue weighted by Gasteiger charge is 2.27. The number of hydrogen-bond acceptors (Lipinski definition) is 6. The Morgan fingerprint density at radius 2 is 1.84 bits per heavy atom. The second-order valence-corrected chi connectivity index (χ2v) is 13.1. The first-order chi connectivity index (χ1) is 18.4. The Bertz CT molecular complexity index is 1470. The number of nitrogens with one attached hydrogen (secondary N) is 1. The quantitative estimate of drug-likeness (QED) is 0.459. The van der Waals surface area contributed by atoms with Crippen LogP contribution in [0.1, 0.15) is 67.8 Å². The molecule has 38 heavy (non-hydrogen) atoms. The summed E-state index contributed by atoms with van der Waals surface area (Å²) in [6.07, 6.45) is 12.4. The number of nitrogens with zero attached hydrogens (tertiary/aromatic N) is 4. The Balaban J connectivity index is 1.33. The Morgan fingerprint density at radius 3 is 2.61 bits per heavy atom. The second-order valence-electron chi connectivity index (χ2n) is 11.1. The second kappa shape index (κ2) is 10.3. The molecule has 2 aliphatic heterocycles. The highest BCUT2D eigenvalue weighted by Crippen LogP contribution is 2.39. The topological polar surface area (TPSA) is 80.1 Å². The molecule has 0 amide bonds. The highest BCUT2D eigenvalue weighted by molar-refractivity contribution is 7.90. The van der Waals surface area contributed by atoms with Gasteiger partial charge in [-0.2, -0.15) is 0 Å². The molecule has 6 rings (SSSR count). The van der Waals surface area contributed by atoms with Crippen LogP contribution < -0.4 is 5.32 Å². The first-order valence-electron chi connectivity index (χ1n) is 13.9. The molecule has 1 unspecified atom stereocenters. The first kappa shape index (κ1) is 25.3. The number of aryl methyl sites for hydroxylation is 2. The van der Waals surface area contributed by atoms with Crippen LogP contribution in [0.3, 0.4) is 0 Å². The van der Waals surface area contributed by atoms with Gasteiger partial charge in [0, 0.05) is 43.2 Å². The lowest BCUT2D eigenvalue weighted by Crippen LogP contribution is -2.39. The zero-order valence-corrected chi connectivity index (χ0v) is 23.2. The Kier molecular flexibility index (Phi) is 6.86. The van der Waals surface area contributed by atoms with Gasteiger partial charge >= 0.3 is 0 Å². The van der Waals surface area contributed by atoms with Gasteiger partial charge in [-0.25, -0.2) is 13.1 Å². The van der Waals surface area contributed by atoms with E-state index in [2.05, 4.69) is 44.8 Å². The predicted molar refractivity (Wildman–Crippen MR) is 152 cm³/mol. The Labute approximate surface area is 225 Å². The van der Waals surface area contributed by atoms with E-state index in [4.69, 9.17) is 0 Å². The molecule has 0 saturated heterocycles. The van der Waals surface area contributed by atoms with E-state index in [0.29, 0.717) is 4.90 Å². The SMILES string of the molecule is Cc1nnn2c1-c1ccc(C3=CCN(C4CCCCC4)CC3)cc1C(Nc1cccc(S(C)(=O)=O)c1)CC2. The van der Waals surface area contributed by atoms with E-state index in [1.807, 2.05) is 17.7 Å². The van der Waals surface area contributed by atoms with Crippen molar-refractivity contribution in [2.75, 3.05) is 24.7 Å². The lowest BCUT2D eigenvalue weighted by Gasteiger charge is -2.36. The van der Waals surface area contributed by atoms with Crippen LogP contribution in [0.2, 0.25) is 0 Å². The molecule has 3 heterocycles. The fourth-order valence-corrected chi connectivity index (χ4v) is 7.12. The van der Waals surface area contributed by atoms with E-state index in [0.717, 1.165) is 61.2 Å². The van der Waals surface area contributed by atoms with Gasteiger partial charge in [0.25, 0.3) is 0 Å². The molecule has 1 fully saturated rings. The summed E-state index contributed by atoms with van der Waals surface area (Å²) in [6, 6.07) is 14.7. The summed E-state index contributed by atoms with van der Waals surface area (Å²) in [7, 11) is -3.28. The minimum absolute atomic E-state index is 0.0174. The predicted octanol–water partition coefficient (Wildman–Crippen LogP) is 5.64. The number of hydrogen-bond donors (Lipinski definition) is 1. The van der Waals surface area contributed by atoms with E-state index < -0.39 is 9.84 Å². The molecule has 2 aromatic carbocycles. The van der Waals surface area contributed by atoms with E-state index in [9.17, 15) is 8.42 Å². The van der Waals surface area contributed by atoms with Crippen molar-refractivity contribution in [1.29, 1.82) is 0 Å². The van der Waals surface area contributed by atoms with Crippen molar-refractivity contribution in [3.05, 3.63) is 65.4 Å². The van der Waals surface area contributed by atoms with Crippen molar-refractivity contribution in [1.82, 2.24) is 19.9 Å². The lowest BCUT2D eigenvalue weighted by molar-refractivity contribution is 0.171. The number of fused-ring (bicyclic) bond motifs is 3. The van der Waals surface area contributed by atoms with E-state index in [1.54, 1.807) is 18.2 Å². The summed E-state index contributed by atoms with van der Waals surface area (Å²) < 4.78 is 26.3. The maximum Gasteiger partial charge on any atom is 0.175 e. The van der Waals surface area contributed by atoms with Crippen molar-refractivity contribution in [3.63, 3.8) is 0 Å². The van der Waals surface area contributed by atoms with Gasteiger partial charge in [-0.1, -0.05) is 48.8 Å². The molecule has 1 atom stereocenters. The van der Waals surface area contributed by atoms with E-state index >= 15 is 0 Å². The average Bonchev–Trinajstić information content (AvgIpc) is 3.23. The molecule has 7 nitrogen and oxygen atoms in total. The van der Waals surface area contributed by atoms with Crippen molar-refractivity contribution >= 4 is 21.1 Å². The van der Waals surface area contributed by atoms with Crippen LogP contribution in [0.5, 0.6) is 0 Å². The van der Waals surface area contributed by atoms with Gasteiger partial charge in [0.1, 0.15) is 0 Å². The third-order valence-corrected chi connectivity index (χ3v) is 9.63. The third kappa shape index (κ3) is 5.04. The maximum absolute atomic E-state index is 12.2. The number of sulfone groups is 1. The summed E-state index contributed by atoms with van der Waals surface area (Å²) in [5.41, 5.74) is 7.87. The van der Waals surface area contributed by atoms with Crippen LogP contribution in [0.15, 0.2) is 53.4 Å². The van der Waals surface area contributed by atoms with Crippen molar-refractivity contribution < 1.29 is 8.42 Å². The molecule has 0 spiro atoms. The zero-order valence-electron chi connectivity index (χ0n) is 22.4. The average molecular weight is 532 g/mol. The molecule has 3 aromatic rings. The maximum atomic E-state index is 12.2. The molecule has 1 N–H and O–H groups in total. The van der Waals surface area contributed by atoms with Crippen LogP contribution in [0.4, 0.5) is 5.69 Å². The summed E-state index contributed by atoms with van der Waals surface area (Å²) >= 11 is 0. The fourth-order valence-electron chi connectivity index (χ4n) is 6.46. The van der Waals surface area contributed by atoms with Crippen LogP contribution in [0, 0.1) is 6.92 Å². The van der Waals surface area contributed by atoms with Gasteiger partial charge in [-0.15, -0.1) is 5.10 Å². The normalized spacial score (nSPS) is 20.8. The number of rotatable bonds is 5. The molecule has 0 bridgehead atoms. The molecule has 1 aliphatic carbocycles. The smallest absolute Gasteiger partial charge is 0.175 e. The van der Waals surface area contributed by atoms with Gasteiger partial charge in [0.05, 0.1) is 22.3 Å². The van der Waals surface area contributed by atoms with E-state index in [1.165, 1.54) is 55.1 Å². The van der Waals surface area contributed by atoms with Gasteiger partial charge in [-0.3, -0.25) is 4.90 Å². The molecule has 200 valence electrons. The Hall–Kier alpha value is -2.97. The van der Waals surface area contributed by atoms with Crippen molar-refractivity contribution in [2.45, 2.75) is 75.4 Å².